The minimum absolute atomic E-state index is 0.00658. The Morgan fingerprint density at radius 3 is 2.38 bits per heavy atom. The molecule has 3 aromatic rings. The molecule has 5 nitrogen and oxygen atoms in total. The van der Waals surface area contributed by atoms with Crippen molar-refractivity contribution in [2.45, 2.75) is 55.9 Å². The normalized spacial score (nSPS) is 19.6. The molecule has 4 N–H and O–H groups in total. The number of hydrogen-bond acceptors (Lipinski definition) is 3. The van der Waals surface area contributed by atoms with Crippen LogP contribution in [0.4, 0.5) is 22.4 Å². The van der Waals surface area contributed by atoms with Crippen LogP contribution in [0.3, 0.4) is 0 Å². The van der Waals surface area contributed by atoms with Gasteiger partial charge in [-0.3, -0.25) is 4.98 Å². The number of nitrogens with zero attached hydrogens (tertiary/aromatic N) is 1. The Balaban J connectivity index is 1.86. The van der Waals surface area contributed by atoms with Crippen LogP contribution >= 0.6 is 11.6 Å². The van der Waals surface area contributed by atoms with Crippen molar-refractivity contribution in [3.05, 3.63) is 100 Å². The maximum atomic E-state index is 14.7. The van der Waals surface area contributed by atoms with Crippen LogP contribution in [0.25, 0.3) is 0 Å². The van der Waals surface area contributed by atoms with Crippen LogP contribution in [0.1, 0.15) is 48.1 Å². The molecule has 0 spiro atoms. The van der Waals surface area contributed by atoms with Gasteiger partial charge in [-0.2, -0.15) is 13.2 Å². The molecule has 1 heterocycles. The number of carbonyl (C=O) groups is 1. The lowest BCUT2D eigenvalue weighted by Gasteiger charge is -2.37. The summed E-state index contributed by atoms with van der Waals surface area (Å²) in [4.78, 5) is 17.8. The number of nitrogens with two attached hydrogens (primary N) is 1. The van der Waals surface area contributed by atoms with E-state index in [2.05, 4.69) is 15.6 Å². The first kappa shape index (κ1) is 26.9. The van der Waals surface area contributed by atoms with E-state index in [1.165, 1.54) is 18.3 Å². The molecule has 0 aliphatic heterocycles. The molecule has 0 unspecified atom stereocenters. The summed E-state index contributed by atoms with van der Waals surface area (Å²) in [6.45, 7) is 0. The molecule has 1 saturated carbocycles. The van der Waals surface area contributed by atoms with Crippen LogP contribution in [-0.2, 0) is 18.1 Å². The molecule has 2 amide bonds. The predicted octanol–water partition coefficient (Wildman–Crippen LogP) is 5.95. The number of benzene rings is 2. The molecule has 2 aromatic carbocycles. The third kappa shape index (κ3) is 6.40. The van der Waals surface area contributed by atoms with Gasteiger partial charge in [0.2, 0.25) is 0 Å². The number of pyridine rings is 1. The molecule has 1 aliphatic rings. The lowest BCUT2D eigenvalue weighted by atomic mass is 9.79. The fourth-order valence-corrected chi connectivity index (χ4v) is 4.90. The molecule has 1 fully saturated rings. The second-order valence-corrected chi connectivity index (χ2v) is 9.75. The number of hydrogen-bond donors (Lipinski definition) is 3. The molecule has 4 rings (SSSR count). The van der Waals surface area contributed by atoms with Gasteiger partial charge in [0.05, 0.1) is 16.3 Å². The zero-order valence-corrected chi connectivity index (χ0v) is 20.6. The van der Waals surface area contributed by atoms with Gasteiger partial charge < -0.3 is 16.4 Å². The molecular formula is C27H27ClF4N4O. The monoisotopic (exact) mass is 534 g/mol. The van der Waals surface area contributed by atoms with E-state index in [9.17, 15) is 22.4 Å². The number of urea groups is 1. The molecule has 10 heteroatoms. The van der Waals surface area contributed by atoms with Gasteiger partial charge in [-0.05, 0) is 54.3 Å². The molecule has 0 radical (unpaired) electrons. The number of rotatable bonds is 6. The topological polar surface area (TPSA) is 80.0 Å². The number of amides is 2. The maximum absolute atomic E-state index is 14.7. The second-order valence-electron chi connectivity index (χ2n) is 9.31. The summed E-state index contributed by atoms with van der Waals surface area (Å²) in [5.74, 6) is -1.09. The first-order valence-electron chi connectivity index (χ1n) is 12.0. The summed E-state index contributed by atoms with van der Waals surface area (Å²) < 4.78 is 55.8. The molecule has 0 bridgehead atoms. The van der Waals surface area contributed by atoms with Crippen LogP contribution in [0.15, 0.2) is 66.9 Å². The lowest BCUT2D eigenvalue weighted by molar-refractivity contribution is -0.137. The largest absolute Gasteiger partial charge is 0.416 e. The zero-order chi connectivity index (χ0) is 26.6. The van der Waals surface area contributed by atoms with Gasteiger partial charge >= 0.3 is 12.2 Å². The van der Waals surface area contributed by atoms with E-state index in [0.717, 1.165) is 31.4 Å². The minimum Gasteiger partial charge on any atom is -0.334 e. The van der Waals surface area contributed by atoms with Crippen LogP contribution in [0.5, 0.6) is 0 Å². The molecular weight excluding hydrogens is 508 g/mol. The Hall–Kier alpha value is -3.17. The highest BCUT2D eigenvalue weighted by atomic mass is 35.5. The standard InChI is InChI=1S/C27H27ClF4N4O/c28-20-10-11-24(34-16-20)26(15-17-6-2-1-3-7-17,18-12-19(27(30,31)32)14-21(29)13-18)36-25(37)35-23-9-5-4-8-22(23)33/h1-3,6-7,10-14,16,22-23H,4-5,8-9,15,33H2,(H2,35,36,37)/t22-,23+,26-/m0/s1. The van der Waals surface area contributed by atoms with E-state index in [4.69, 9.17) is 17.3 Å². The van der Waals surface area contributed by atoms with E-state index in [1.54, 1.807) is 30.3 Å². The molecule has 1 aliphatic carbocycles. The van der Waals surface area contributed by atoms with Crippen LogP contribution in [0, 0.1) is 5.82 Å². The highest BCUT2D eigenvalue weighted by Gasteiger charge is 2.41. The van der Waals surface area contributed by atoms with Gasteiger partial charge in [0.15, 0.2) is 0 Å². The van der Waals surface area contributed by atoms with E-state index in [-0.39, 0.29) is 29.8 Å². The fraction of sp³-hybridized carbons (Fsp3) is 0.333. The van der Waals surface area contributed by atoms with Gasteiger partial charge in [-0.1, -0.05) is 54.8 Å². The van der Waals surface area contributed by atoms with Gasteiger partial charge in [-0.15, -0.1) is 0 Å². The molecule has 37 heavy (non-hydrogen) atoms. The van der Waals surface area contributed by atoms with Crippen LogP contribution < -0.4 is 16.4 Å². The van der Waals surface area contributed by atoms with Crippen molar-refractivity contribution >= 4 is 17.6 Å². The van der Waals surface area contributed by atoms with Crippen molar-refractivity contribution in [2.75, 3.05) is 0 Å². The number of nitrogens with one attached hydrogen (secondary N) is 2. The number of halogens is 5. The van der Waals surface area contributed by atoms with Crippen molar-refractivity contribution in [3.63, 3.8) is 0 Å². The van der Waals surface area contributed by atoms with Crippen molar-refractivity contribution < 1.29 is 22.4 Å². The average molecular weight is 535 g/mol. The molecule has 196 valence electrons. The minimum atomic E-state index is -4.81. The zero-order valence-electron chi connectivity index (χ0n) is 19.9. The van der Waals surface area contributed by atoms with Crippen molar-refractivity contribution in [2.24, 2.45) is 5.73 Å². The molecule has 0 saturated heterocycles. The van der Waals surface area contributed by atoms with Crippen LogP contribution in [-0.4, -0.2) is 23.1 Å². The number of alkyl halides is 3. The highest BCUT2D eigenvalue weighted by Crippen LogP contribution is 2.38. The van der Waals surface area contributed by atoms with E-state index >= 15 is 0 Å². The summed E-state index contributed by atoms with van der Waals surface area (Å²) in [7, 11) is 0. The first-order valence-corrected chi connectivity index (χ1v) is 12.3. The van der Waals surface area contributed by atoms with Crippen molar-refractivity contribution in [1.82, 2.24) is 15.6 Å². The van der Waals surface area contributed by atoms with Crippen molar-refractivity contribution in [1.29, 1.82) is 0 Å². The summed E-state index contributed by atoms with van der Waals surface area (Å²) in [5.41, 5.74) is 4.13. The fourth-order valence-electron chi connectivity index (χ4n) is 4.79. The SMILES string of the molecule is N[C@H]1CCCC[C@H]1NC(=O)N[C@@](Cc1ccccc1)(c1cc(F)cc(C(F)(F)F)c1)c1ccc(Cl)cn1. The van der Waals surface area contributed by atoms with E-state index in [1.807, 2.05) is 0 Å². The lowest BCUT2D eigenvalue weighted by Crippen LogP contribution is -2.57. The molecule has 3 atom stereocenters. The Labute approximate surface area is 217 Å². The number of aromatic nitrogens is 1. The van der Waals surface area contributed by atoms with Crippen LogP contribution in [0.2, 0.25) is 5.02 Å². The Morgan fingerprint density at radius 1 is 1.03 bits per heavy atom. The Kier molecular flexibility index (Phi) is 8.04. The maximum Gasteiger partial charge on any atom is 0.416 e. The van der Waals surface area contributed by atoms with Gasteiger partial charge in [0.25, 0.3) is 0 Å². The van der Waals surface area contributed by atoms with Gasteiger partial charge in [0, 0.05) is 24.7 Å². The smallest absolute Gasteiger partial charge is 0.334 e. The third-order valence-electron chi connectivity index (χ3n) is 6.66. The van der Waals surface area contributed by atoms with Gasteiger partial charge in [-0.25, -0.2) is 9.18 Å². The van der Waals surface area contributed by atoms with E-state index < -0.39 is 29.1 Å². The van der Waals surface area contributed by atoms with Crippen molar-refractivity contribution in [3.8, 4) is 0 Å². The highest BCUT2D eigenvalue weighted by molar-refractivity contribution is 6.30. The summed E-state index contributed by atoms with van der Waals surface area (Å²) in [6, 6.07) is 12.9. The Morgan fingerprint density at radius 2 is 1.73 bits per heavy atom. The Bertz CT molecular complexity index is 1220. The second kappa shape index (κ2) is 11.1. The summed E-state index contributed by atoms with van der Waals surface area (Å²) >= 11 is 6.04. The predicted molar refractivity (Wildman–Crippen MR) is 133 cm³/mol. The average Bonchev–Trinajstić information content (AvgIpc) is 2.85. The molecule has 1 aromatic heterocycles. The van der Waals surface area contributed by atoms with Gasteiger partial charge in [0.1, 0.15) is 11.4 Å². The summed E-state index contributed by atoms with van der Waals surface area (Å²) in [5, 5.41) is 6.03. The first-order chi connectivity index (χ1) is 17.6. The van der Waals surface area contributed by atoms with E-state index in [0.29, 0.717) is 23.1 Å². The summed E-state index contributed by atoms with van der Waals surface area (Å²) in [6.07, 6.45) is -0.206. The number of carbonyl (C=O) groups excluding carboxylic acids is 1. The third-order valence-corrected chi connectivity index (χ3v) is 6.88. The quantitative estimate of drug-likeness (QED) is 0.342.